The molecule has 0 fully saturated rings. The number of hydrogen-bond donors (Lipinski definition) is 2. The number of ether oxygens (including phenoxy) is 4. The van der Waals surface area contributed by atoms with Crippen LogP contribution >= 0.6 is 0 Å². The number of rotatable bonds is 32. The molecular formula is C49H82Ca2O11. The van der Waals surface area contributed by atoms with E-state index in [1.807, 2.05) is 0 Å². The normalized spacial score (nSPS) is 10.0. The SMILES string of the molecule is CCCCCCCCOC(=O)c1ccccc1C(=O)OCCCCCCCC.CCCCCCCCOC(=O)c1ccccc1C(=O)OCCCCCCCC.O=C(O)O.[CaH2].[CaH2]. The van der Waals surface area contributed by atoms with E-state index in [0.717, 1.165) is 51.4 Å². The molecular weight excluding hydrogens is 845 g/mol. The van der Waals surface area contributed by atoms with Gasteiger partial charge >= 0.3 is 106 Å². The number of benzene rings is 2. The number of esters is 4. The van der Waals surface area contributed by atoms with Gasteiger partial charge in [-0.2, -0.15) is 0 Å². The van der Waals surface area contributed by atoms with Crippen LogP contribution in [0.4, 0.5) is 4.79 Å². The first kappa shape index (κ1) is 64.4. The molecule has 0 aliphatic carbocycles. The molecule has 0 amide bonds. The molecule has 0 radical (unpaired) electrons. The van der Waals surface area contributed by atoms with E-state index < -0.39 is 30.0 Å². The van der Waals surface area contributed by atoms with Crippen molar-refractivity contribution in [1.82, 2.24) is 0 Å². The van der Waals surface area contributed by atoms with E-state index in [0.29, 0.717) is 48.7 Å². The third-order valence-corrected chi connectivity index (χ3v) is 9.66. The monoisotopic (exact) mass is 927 g/mol. The van der Waals surface area contributed by atoms with Gasteiger partial charge in [0.2, 0.25) is 0 Å². The Hall–Kier alpha value is -1.89. The molecule has 0 aliphatic heterocycles. The Morgan fingerprint density at radius 3 is 0.677 bits per heavy atom. The van der Waals surface area contributed by atoms with Gasteiger partial charge in [-0.3, -0.25) is 0 Å². The average molecular weight is 927 g/mol. The van der Waals surface area contributed by atoms with Crippen molar-refractivity contribution in [3.8, 4) is 0 Å². The maximum absolute atomic E-state index is 12.4. The van der Waals surface area contributed by atoms with Crippen LogP contribution in [0, 0.1) is 0 Å². The van der Waals surface area contributed by atoms with E-state index in [4.69, 9.17) is 34.0 Å². The molecule has 0 saturated heterocycles. The summed E-state index contributed by atoms with van der Waals surface area (Å²) in [5.41, 5.74) is 1.17. The first-order valence-electron chi connectivity index (χ1n) is 22.9. The van der Waals surface area contributed by atoms with Gasteiger partial charge in [0.1, 0.15) is 0 Å². The third kappa shape index (κ3) is 36.4. The maximum atomic E-state index is 12.4. The Morgan fingerprint density at radius 2 is 0.500 bits per heavy atom. The summed E-state index contributed by atoms with van der Waals surface area (Å²) < 4.78 is 21.4. The van der Waals surface area contributed by atoms with Gasteiger partial charge < -0.3 is 29.2 Å². The fourth-order valence-electron chi connectivity index (χ4n) is 6.18. The summed E-state index contributed by atoms with van der Waals surface area (Å²) in [6.07, 6.45) is 25.4. The molecule has 0 atom stereocenters. The number of carbonyl (C=O) groups excluding carboxylic acids is 4. The van der Waals surface area contributed by atoms with Crippen molar-refractivity contribution in [3.05, 3.63) is 70.8 Å². The van der Waals surface area contributed by atoms with E-state index in [1.54, 1.807) is 48.5 Å². The van der Waals surface area contributed by atoms with E-state index in [-0.39, 0.29) is 75.5 Å². The Bertz CT molecular complexity index is 1220. The fourth-order valence-corrected chi connectivity index (χ4v) is 6.18. The summed E-state index contributed by atoms with van der Waals surface area (Å²) in [4.78, 5) is 58.0. The van der Waals surface area contributed by atoms with E-state index in [9.17, 15) is 19.2 Å². The van der Waals surface area contributed by atoms with Crippen molar-refractivity contribution in [2.24, 2.45) is 0 Å². The van der Waals surface area contributed by atoms with Crippen LogP contribution in [0.25, 0.3) is 0 Å². The van der Waals surface area contributed by atoms with Crippen molar-refractivity contribution >= 4 is 106 Å². The first-order chi connectivity index (χ1) is 29.1. The Balaban J connectivity index is -0.00000100. The molecule has 2 N–H and O–H groups in total. The molecule has 2 aromatic carbocycles. The summed E-state index contributed by atoms with van der Waals surface area (Å²) >= 11 is 0. The van der Waals surface area contributed by atoms with Crippen LogP contribution < -0.4 is 0 Å². The number of carboxylic acid groups (broad SMARTS) is 2. The standard InChI is InChI=1S/2C24H38O4.CH2O3.2Ca.4H/c2*1-3-5-7-9-11-15-19-27-23(25)21-17-13-14-18-22(21)24(26)28-20-16-12-10-8-6-4-2;2-1(3)4;;;;;;/h2*13-14,17-18H,3-12,15-16,19-20H2,1-2H3;(H2,2,3,4);;;;;;. The topological polar surface area (TPSA) is 163 Å². The van der Waals surface area contributed by atoms with Crippen LogP contribution in [0.15, 0.2) is 48.5 Å². The van der Waals surface area contributed by atoms with Crippen LogP contribution in [-0.4, -0.2) is 142 Å². The number of unbranched alkanes of at least 4 members (excludes halogenated alkanes) is 20. The summed E-state index contributed by atoms with van der Waals surface area (Å²) in [7, 11) is 0. The molecule has 0 spiro atoms. The Labute approximate surface area is 433 Å². The summed E-state index contributed by atoms with van der Waals surface area (Å²) in [5, 5.41) is 13.9. The van der Waals surface area contributed by atoms with Gasteiger partial charge in [0.15, 0.2) is 0 Å². The quantitative estimate of drug-likeness (QED) is 0.0311. The van der Waals surface area contributed by atoms with Gasteiger partial charge in [0, 0.05) is 0 Å². The van der Waals surface area contributed by atoms with Crippen LogP contribution in [-0.2, 0) is 18.9 Å². The van der Waals surface area contributed by atoms with Crippen LogP contribution in [0.2, 0.25) is 0 Å². The van der Waals surface area contributed by atoms with Crippen molar-refractivity contribution < 1.29 is 53.1 Å². The molecule has 11 nitrogen and oxygen atoms in total. The predicted molar refractivity (Wildman–Crippen MR) is 255 cm³/mol. The van der Waals surface area contributed by atoms with Crippen molar-refractivity contribution in [2.75, 3.05) is 26.4 Å². The molecule has 13 heteroatoms. The molecule has 2 aromatic rings. The Kier molecular flexibility index (Phi) is 48.9. The van der Waals surface area contributed by atoms with Crippen molar-refractivity contribution in [1.29, 1.82) is 0 Å². The van der Waals surface area contributed by atoms with Gasteiger partial charge in [0.25, 0.3) is 0 Å². The second-order valence-electron chi connectivity index (χ2n) is 15.0. The zero-order chi connectivity index (χ0) is 44.5. The van der Waals surface area contributed by atoms with E-state index >= 15 is 0 Å². The van der Waals surface area contributed by atoms with Gasteiger partial charge in [-0.25, -0.2) is 24.0 Å². The summed E-state index contributed by atoms with van der Waals surface area (Å²) in [6.45, 7) is 10.3. The zero-order valence-corrected chi connectivity index (χ0v) is 37.5. The predicted octanol–water partition coefficient (Wildman–Crippen LogP) is 11.8. The molecule has 348 valence electrons. The minimum atomic E-state index is -1.83. The molecule has 2 rings (SSSR count). The van der Waals surface area contributed by atoms with Gasteiger partial charge in [-0.1, -0.05) is 180 Å². The summed E-state index contributed by atoms with van der Waals surface area (Å²) in [6, 6.07) is 13.5. The van der Waals surface area contributed by atoms with E-state index in [2.05, 4.69) is 27.7 Å². The average Bonchev–Trinajstić information content (AvgIpc) is 3.24. The number of hydrogen-bond acceptors (Lipinski definition) is 9. The number of carbonyl (C=O) groups is 5. The van der Waals surface area contributed by atoms with Crippen molar-refractivity contribution in [3.63, 3.8) is 0 Å². The van der Waals surface area contributed by atoms with Crippen LogP contribution in [0.3, 0.4) is 0 Å². The molecule has 0 heterocycles. The van der Waals surface area contributed by atoms with Gasteiger partial charge in [-0.05, 0) is 49.9 Å². The molecule has 0 aromatic heterocycles. The Morgan fingerprint density at radius 1 is 0.339 bits per heavy atom. The van der Waals surface area contributed by atoms with E-state index in [1.165, 1.54) is 103 Å². The van der Waals surface area contributed by atoms with Crippen LogP contribution in [0.1, 0.15) is 223 Å². The molecule has 0 unspecified atom stereocenters. The third-order valence-electron chi connectivity index (χ3n) is 9.66. The van der Waals surface area contributed by atoms with Gasteiger partial charge in [0.05, 0.1) is 48.7 Å². The van der Waals surface area contributed by atoms with Crippen molar-refractivity contribution in [2.45, 2.75) is 182 Å². The molecule has 0 bridgehead atoms. The van der Waals surface area contributed by atoms with Gasteiger partial charge in [-0.15, -0.1) is 0 Å². The summed E-state index contributed by atoms with van der Waals surface area (Å²) in [5.74, 6) is -1.78. The first-order valence-corrected chi connectivity index (χ1v) is 22.9. The van der Waals surface area contributed by atoms with Crippen LogP contribution in [0.5, 0.6) is 0 Å². The molecule has 0 aliphatic rings. The molecule has 62 heavy (non-hydrogen) atoms. The fraction of sp³-hybridized carbons (Fsp3) is 0.653. The molecule has 0 saturated carbocycles. The second-order valence-corrected chi connectivity index (χ2v) is 15.0. The zero-order valence-electron chi connectivity index (χ0n) is 37.5. The second kappa shape index (κ2) is 47.1. The minimum absolute atomic E-state index is 0.